The highest BCUT2D eigenvalue weighted by Crippen LogP contribution is 2.28. The van der Waals surface area contributed by atoms with Crippen LogP contribution in [0.25, 0.3) is 44.8 Å². The number of aromatic nitrogens is 4. The number of fused-ring (bicyclic) bond motifs is 2. The van der Waals surface area contributed by atoms with Crippen molar-refractivity contribution in [3.8, 4) is 28.5 Å². The van der Waals surface area contributed by atoms with Gasteiger partial charge in [0.25, 0.3) is 0 Å². The van der Waals surface area contributed by atoms with Crippen molar-refractivity contribution in [1.82, 2.24) is 30.2 Å². The van der Waals surface area contributed by atoms with Gasteiger partial charge in [0.2, 0.25) is 5.91 Å². The fourth-order valence-corrected chi connectivity index (χ4v) is 5.39. The Hall–Kier alpha value is -4.49. The molecule has 4 N–H and O–H groups in total. The summed E-state index contributed by atoms with van der Waals surface area (Å²) in [6, 6.07) is 20.4. The molecular weight excluding hydrogens is 586 g/mol. The zero-order chi connectivity index (χ0) is 31.7. The molecule has 12 nitrogen and oxygen atoms in total. The summed E-state index contributed by atoms with van der Waals surface area (Å²) in [6.07, 6.45) is 0.108. The van der Waals surface area contributed by atoms with Crippen molar-refractivity contribution in [2.45, 2.75) is 6.42 Å². The van der Waals surface area contributed by atoms with Gasteiger partial charge in [0.05, 0.1) is 55.1 Å². The maximum atomic E-state index is 11.2. The van der Waals surface area contributed by atoms with Crippen molar-refractivity contribution < 1.29 is 24.1 Å². The van der Waals surface area contributed by atoms with Gasteiger partial charge < -0.3 is 44.4 Å². The number of ether oxygens (including phenoxy) is 3. The number of rotatable bonds is 15. The molecule has 242 valence electrons. The number of aliphatic hydroxyl groups excluding tert-OH is 1. The number of likely N-dealkylation sites (N-methyl/N-ethyl adjacent to an activating group) is 1. The van der Waals surface area contributed by atoms with E-state index in [0.717, 1.165) is 76.8 Å². The number of piperazine rings is 1. The minimum Gasteiger partial charge on any atom is -0.491 e. The van der Waals surface area contributed by atoms with Gasteiger partial charge in [0.1, 0.15) is 24.0 Å². The van der Waals surface area contributed by atoms with Crippen LogP contribution in [0.15, 0.2) is 60.7 Å². The number of nitrogens with one attached hydrogen (secondary N) is 3. The number of aliphatic hydroxyl groups is 1. The summed E-state index contributed by atoms with van der Waals surface area (Å²) in [5.41, 5.74) is 7.02. The van der Waals surface area contributed by atoms with Crippen molar-refractivity contribution in [1.29, 1.82) is 0 Å². The van der Waals surface area contributed by atoms with Gasteiger partial charge in [0.15, 0.2) is 0 Å². The Kier molecular flexibility index (Phi) is 10.4. The van der Waals surface area contributed by atoms with Crippen LogP contribution < -0.4 is 15.0 Å². The maximum Gasteiger partial charge on any atom is 0.222 e. The molecular formula is C34H41N7O5. The number of hydrogen-bond donors (Lipinski definition) is 4. The number of imidazole rings is 2. The molecule has 0 atom stereocenters. The van der Waals surface area contributed by atoms with E-state index in [4.69, 9.17) is 29.3 Å². The molecule has 2 aromatic heterocycles. The van der Waals surface area contributed by atoms with Crippen LogP contribution in [0.4, 0.5) is 5.69 Å². The molecule has 1 aliphatic rings. The van der Waals surface area contributed by atoms with E-state index in [-0.39, 0.29) is 18.9 Å². The first kappa shape index (κ1) is 31.5. The molecule has 1 amide bonds. The monoisotopic (exact) mass is 627 g/mol. The largest absolute Gasteiger partial charge is 0.491 e. The van der Waals surface area contributed by atoms with Crippen molar-refractivity contribution in [2.24, 2.45) is 0 Å². The number of amides is 1. The molecule has 0 bridgehead atoms. The van der Waals surface area contributed by atoms with E-state index in [0.29, 0.717) is 39.6 Å². The minimum atomic E-state index is -0.186. The average Bonchev–Trinajstić information content (AvgIpc) is 3.70. The number of benzene rings is 3. The summed E-state index contributed by atoms with van der Waals surface area (Å²) in [7, 11) is 2.17. The van der Waals surface area contributed by atoms with Gasteiger partial charge in [-0.05, 0) is 67.7 Å². The lowest BCUT2D eigenvalue weighted by Crippen LogP contribution is -2.44. The highest BCUT2D eigenvalue weighted by Gasteiger charge is 2.16. The summed E-state index contributed by atoms with van der Waals surface area (Å²) in [5.74, 6) is 2.19. The molecule has 1 fully saturated rings. The lowest BCUT2D eigenvalue weighted by molar-refractivity contribution is -0.121. The summed E-state index contributed by atoms with van der Waals surface area (Å²) in [4.78, 5) is 32.7. The molecule has 0 radical (unpaired) electrons. The van der Waals surface area contributed by atoms with Crippen LogP contribution in [0.5, 0.6) is 5.75 Å². The second-order valence-electron chi connectivity index (χ2n) is 11.3. The predicted molar refractivity (Wildman–Crippen MR) is 178 cm³/mol. The molecule has 0 aliphatic carbocycles. The van der Waals surface area contributed by atoms with Crippen molar-refractivity contribution in [2.75, 3.05) is 84.3 Å². The van der Waals surface area contributed by atoms with Crippen molar-refractivity contribution in [3.05, 3.63) is 60.7 Å². The van der Waals surface area contributed by atoms with Gasteiger partial charge in [-0.2, -0.15) is 0 Å². The fourth-order valence-electron chi connectivity index (χ4n) is 5.39. The first-order valence-corrected chi connectivity index (χ1v) is 15.8. The topological polar surface area (TPSA) is 141 Å². The molecule has 12 heteroatoms. The second kappa shape index (κ2) is 15.2. The van der Waals surface area contributed by atoms with Crippen molar-refractivity contribution in [3.63, 3.8) is 0 Å². The number of carbonyl (C=O) groups excluding carboxylic acids is 1. The van der Waals surface area contributed by atoms with Gasteiger partial charge in [-0.3, -0.25) is 4.79 Å². The first-order valence-electron chi connectivity index (χ1n) is 15.8. The van der Waals surface area contributed by atoms with Gasteiger partial charge >= 0.3 is 0 Å². The number of nitrogens with zero attached hydrogens (tertiary/aromatic N) is 4. The third kappa shape index (κ3) is 8.01. The Bertz CT molecular complexity index is 1730. The first-order chi connectivity index (χ1) is 22.6. The predicted octanol–water partition coefficient (Wildman–Crippen LogP) is 3.44. The maximum absolute atomic E-state index is 11.2. The van der Waals surface area contributed by atoms with E-state index in [1.165, 1.54) is 5.69 Å². The van der Waals surface area contributed by atoms with Gasteiger partial charge in [-0.25, -0.2) is 9.97 Å². The van der Waals surface area contributed by atoms with E-state index in [1.54, 1.807) is 0 Å². The Morgan fingerprint density at radius 2 is 1.43 bits per heavy atom. The summed E-state index contributed by atoms with van der Waals surface area (Å²) >= 11 is 0. The number of hydrogen-bond acceptors (Lipinski definition) is 9. The molecule has 6 rings (SSSR count). The molecule has 3 aromatic carbocycles. The molecule has 0 unspecified atom stereocenters. The summed E-state index contributed by atoms with van der Waals surface area (Å²) in [5, 5.41) is 11.4. The lowest BCUT2D eigenvalue weighted by Gasteiger charge is -2.34. The van der Waals surface area contributed by atoms with Crippen LogP contribution in [-0.2, 0) is 14.3 Å². The zero-order valence-electron chi connectivity index (χ0n) is 26.1. The average molecular weight is 628 g/mol. The SMILES string of the molecule is CN1CCN(c2ccc3nc(-c4ccc5nc(-c6ccc(OCCOCCOCCNC(=O)CCO)cc6)[nH]c5c4)[nH]c3c2)CC1. The Labute approximate surface area is 267 Å². The fraction of sp³-hybridized carbons (Fsp3) is 0.382. The molecule has 1 aliphatic heterocycles. The van der Waals surface area contributed by atoms with Gasteiger partial charge in [-0.1, -0.05) is 0 Å². The molecule has 3 heterocycles. The normalized spacial score (nSPS) is 13.9. The standard InChI is InChI=1S/C34H41N7O5/c1-40-12-14-41(15-13-40)26-5-9-29-31(23-26)39-34(37-29)25-4-8-28-30(22-25)38-33(36-28)24-2-6-27(7-3-24)46-21-20-45-19-18-44-17-11-35-32(43)10-16-42/h2-9,22-23,42H,10-21H2,1H3,(H,35,43)(H,36,38)(H,37,39). The smallest absolute Gasteiger partial charge is 0.222 e. The summed E-state index contributed by atoms with van der Waals surface area (Å²) in [6.45, 7) is 6.59. The number of carbonyl (C=O) groups is 1. The summed E-state index contributed by atoms with van der Waals surface area (Å²) < 4.78 is 16.8. The van der Waals surface area contributed by atoms with E-state index in [1.807, 2.05) is 30.3 Å². The zero-order valence-corrected chi connectivity index (χ0v) is 26.1. The third-order valence-electron chi connectivity index (χ3n) is 7.99. The van der Waals surface area contributed by atoms with Crippen LogP contribution in [-0.4, -0.2) is 115 Å². The van der Waals surface area contributed by atoms with E-state index >= 15 is 0 Å². The lowest BCUT2D eigenvalue weighted by atomic mass is 10.2. The molecule has 46 heavy (non-hydrogen) atoms. The quantitative estimate of drug-likeness (QED) is 0.129. The van der Waals surface area contributed by atoms with Gasteiger partial charge in [0, 0.05) is 56.0 Å². The molecule has 1 saturated heterocycles. The van der Waals surface area contributed by atoms with Crippen LogP contribution in [0.2, 0.25) is 0 Å². The number of anilines is 1. The number of H-pyrrole nitrogens is 2. The van der Waals surface area contributed by atoms with E-state index in [9.17, 15) is 4.79 Å². The Morgan fingerprint density at radius 1 is 0.804 bits per heavy atom. The highest BCUT2D eigenvalue weighted by molar-refractivity contribution is 5.87. The van der Waals surface area contributed by atoms with Gasteiger partial charge in [-0.15, -0.1) is 0 Å². The third-order valence-corrected chi connectivity index (χ3v) is 7.99. The Balaban J connectivity index is 0.983. The van der Waals surface area contributed by atoms with Crippen LogP contribution in [0.1, 0.15) is 6.42 Å². The molecule has 5 aromatic rings. The van der Waals surface area contributed by atoms with Crippen LogP contribution in [0, 0.1) is 0 Å². The van der Waals surface area contributed by atoms with Crippen molar-refractivity contribution >= 4 is 33.7 Å². The number of aromatic amines is 2. The highest BCUT2D eigenvalue weighted by atomic mass is 16.5. The molecule has 0 spiro atoms. The minimum absolute atomic E-state index is 0.108. The van der Waals surface area contributed by atoms with E-state index < -0.39 is 0 Å². The van der Waals surface area contributed by atoms with Crippen LogP contribution >= 0.6 is 0 Å². The second-order valence-corrected chi connectivity index (χ2v) is 11.3. The van der Waals surface area contributed by atoms with Crippen LogP contribution in [0.3, 0.4) is 0 Å². The Morgan fingerprint density at radius 3 is 2.17 bits per heavy atom. The molecule has 0 saturated carbocycles. The van der Waals surface area contributed by atoms with E-state index in [2.05, 4.69) is 62.5 Å².